The normalized spacial score (nSPS) is 10.8. The van der Waals surface area contributed by atoms with Gasteiger partial charge >= 0.3 is 0 Å². The molecular weight excluding hydrogens is 513 g/mol. The molecule has 0 aliphatic carbocycles. The van der Waals surface area contributed by atoms with E-state index in [9.17, 15) is 19.2 Å². The maximum atomic E-state index is 13.0. The van der Waals surface area contributed by atoms with E-state index < -0.39 is 17.6 Å². The molecule has 166 valence electrons. The summed E-state index contributed by atoms with van der Waals surface area (Å²) in [4.78, 5) is 24.8. The Morgan fingerprint density at radius 3 is 2.52 bits per heavy atom. The van der Waals surface area contributed by atoms with Gasteiger partial charge in [0.25, 0.3) is 11.8 Å². The van der Waals surface area contributed by atoms with Gasteiger partial charge in [-0.3, -0.25) is 9.59 Å². The Morgan fingerprint density at radius 1 is 1.09 bits per heavy atom. The number of halogens is 3. The molecule has 0 spiro atoms. The maximum absolute atomic E-state index is 13.0. The number of carbonyl (C=O) groups is 2. The first-order chi connectivity index (χ1) is 15.9. The Morgan fingerprint density at radius 2 is 1.82 bits per heavy atom. The highest BCUT2D eigenvalue weighted by Gasteiger charge is 2.14. The third-order valence-corrected chi connectivity index (χ3v) is 5.07. The molecule has 9 heteroatoms. The number of benzene rings is 3. The summed E-state index contributed by atoms with van der Waals surface area (Å²) in [7, 11) is 0. The van der Waals surface area contributed by atoms with Crippen molar-refractivity contribution in [2.45, 2.75) is 0 Å². The summed E-state index contributed by atoms with van der Waals surface area (Å²) < 4.78 is 19.3. The molecule has 0 saturated carbocycles. The Balaban J connectivity index is 1.75. The van der Waals surface area contributed by atoms with Crippen LogP contribution in [-0.4, -0.2) is 18.4 Å². The van der Waals surface area contributed by atoms with Crippen molar-refractivity contribution < 1.29 is 18.7 Å². The molecule has 6 nitrogen and oxygen atoms in total. The Hall–Kier alpha value is -3.67. The molecule has 0 atom stereocenters. The summed E-state index contributed by atoms with van der Waals surface area (Å²) in [5.41, 5.74) is 1.01. The number of hydrogen-bond acceptors (Lipinski definition) is 4. The summed E-state index contributed by atoms with van der Waals surface area (Å²) in [6.07, 6.45) is 1.35. The third-order valence-electron chi connectivity index (χ3n) is 4.25. The van der Waals surface area contributed by atoms with Crippen LogP contribution in [0.3, 0.4) is 0 Å². The second kappa shape index (κ2) is 11.3. The minimum Gasteiger partial charge on any atom is -0.483 e. The van der Waals surface area contributed by atoms with Gasteiger partial charge in [0, 0.05) is 15.7 Å². The Kier molecular flexibility index (Phi) is 8.19. The molecule has 2 N–H and O–H groups in total. The van der Waals surface area contributed by atoms with Gasteiger partial charge in [-0.15, -0.1) is 0 Å². The second-order valence-electron chi connectivity index (χ2n) is 6.63. The fraction of sp³-hybridized carbons (Fsp3) is 0.0417. The van der Waals surface area contributed by atoms with Gasteiger partial charge in [0.05, 0.1) is 10.7 Å². The third kappa shape index (κ3) is 6.91. The number of nitriles is 1. The van der Waals surface area contributed by atoms with Gasteiger partial charge in [0.1, 0.15) is 23.2 Å². The molecule has 0 aliphatic rings. The van der Waals surface area contributed by atoms with E-state index in [1.54, 1.807) is 42.5 Å². The Bertz CT molecular complexity index is 1260. The van der Waals surface area contributed by atoms with Gasteiger partial charge in [-0.25, -0.2) is 4.39 Å². The Labute approximate surface area is 202 Å². The lowest BCUT2D eigenvalue weighted by molar-refractivity contribution is -0.118. The standard InChI is InChI=1S/C24H16BrClFN3O3/c25-17-5-10-22(33-14-23(31)29-19-8-6-18(27)7-9-19)15(12-17)11-16(13-28)24(32)30-21-4-2-1-3-20(21)26/h1-12H,14H2,(H,29,31)(H,30,32)/b16-11+. The molecule has 0 saturated heterocycles. The van der Waals surface area contributed by atoms with Crippen molar-refractivity contribution in [3.63, 3.8) is 0 Å². The number of nitrogens with one attached hydrogen (secondary N) is 2. The van der Waals surface area contributed by atoms with Crippen LogP contribution in [0.15, 0.2) is 76.8 Å². The highest BCUT2D eigenvalue weighted by Crippen LogP contribution is 2.27. The van der Waals surface area contributed by atoms with Crippen LogP contribution in [0.1, 0.15) is 5.56 Å². The summed E-state index contributed by atoms with van der Waals surface area (Å²) in [6, 6.07) is 18.8. The molecule has 0 heterocycles. The molecule has 0 bridgehead atoms. The van der Waals surface area contributed by atoms with Gasteiger partial charge in [-0.05, 0) is 60.7 Å². The average Bonchev–Trinajstić information content (AvgIpc) is 2.79. The van der Waals surface area contributed by atoms with Gasteiger partial charge < -0.3 is 15.4 Å². The fourth-order valence-corrected chi connectivity index (χ4v) is 3.26. The van der Waals surface area contributed by atoms with Crippen molar-refractivity contribution in [1.82, 2.24) is 0 Å². The zero-order chi connectivity index (χ0) is 23.8. The highest BCUT2D eigenvalue weighted by molar-refractivity contribution is 9.10. The topological polar surface area (TPSA) is 91.2 Å². The number of carbonyl (C=O) groups excluding carboxylic acids is 2. The first kappa shape index (κ1) is 24.0. The van der Waals surface area contributed by atoms with Crippen molar-refractivity contribution in [2.75, 3.05) is 17.2 Å². The molecular formula is C24H16BrClFN3O3. The zero-order valence-corrected chi connectivity index (χ0v) is 19.3. The first-order valence-electron chi connectivity index (χ1n) is 9.51. The zero-order valence-electron chi connectivity index (χ0n) is 16.9. The number of rotatable bonds is 7. The van der Waals surface area contributed by atoms with E-state index >= 15 is 0 Å². The number of nitrogens with zero attached hydrogens (tertiary/aromatic N) is 1. The molecule has 3 aromatic rings. The molecule has 0 aromatic heterocycles. The predicted molar refractivity (Wildman–Crippen MR) is 128 cm³/mol. The van der Waals surface area contributed by atoms with Crippen molar-refractivity contribution in [3.8, 4) is 11.8 Å². The molecule has 2 amide bonds. The van der Waals surface area contributed by atoms with Crippen LogP contribution in [-0.2, 0) is 9.59 Å². The van der Waals surface area contributed by atoms with Crippen molar-refractivity contribution in [1.29, 1.82) is 5.26 Å². The smallest absolute Gasteiger partial charge is 0.266 e. The van der Waals surface area contributed by atoms with Crippen LogP contribution < -0.4 is 15.4 Å². The maximum Gasteiger partial charge on any atom is 0.266 e. The van der Waals surface area contributed by atoms with Crippen LogP contribution >= 0.6 is 27.5 Å². The monoisotopic (exact) mass is 527 g/mol. The van der Waals surface area contributed by atoms with E-state index in [-0.39, 0.29) is 17.9 Å². The summed E-state index contributed by atoms with van der Waals surface area (Å²) in [5, 5.41) is 15.0. The number of anilines is 2. The van der Waals surface area contributed by atoms with Crippen LogP contribution in [0.4, 0.5) is 15.8 Å². The minimum atomic E-state index is -0.648. The molecule has 33 heavy (non-hydrogen) atoms. The van der Waals surface area contributed by atoms with Crippen molar-refractivity contribution >= 4 is 56.8 Å². The lowest BCUT2D eigenvalue weighted by atomic mass is 10.1. The minimum absolute atomic E-state index is 0.186. The number of para-hydroxylation sites is 1. The summed E-state index contributed by atoms with van der Waals surface area (Å²) in [6.45, 7) is -0.340. The van der Waals surface area contributed by atoms with E-state index in [0.717, 1.165) is 0 Å². The van der Waals surface area contributed by atoms with Gasteiger partial charge in [-0.1, -0.05) is 39.7 Å². The molecule has 0 radical (unpaired) electrons. The molecule has 0 unspecified atom stereocenters. The van der Waals surface area contributed by atoms with E-state index in [2.05, 4.69) is 26.6 Å². The fourth-order valence-electron chi connectivity index (χ4n) is 2.69. The SMILES string of the molecule is N#C/C(=C\c1cc(Br)ccc1OCC(=O)Nc1ccc(F)cc1)C(=O)Nc1ccccc1Cl. The van der Waals surface area contributed by atoms with E-state index in [0.29, 0.717) is 26.4 Å². The van der Waals surface area contributed by atoms with Gasteiger partial charge in [-0.2, -0.15) is 5.26 Å². The van der Waals surface area contributed by atoms with Crippen LogP contribution in [0.5, 0.6) is 5.75 Å². The van der Waals surface area contributed by atoms with E-state index in [1.807, 2.05) is 6.07 Å². The molecule has 3 aromatic carbocycles. The van der Waals surface area contributed by atoms with Crippen LogP contribution in [0.25, 0.3) is 6.08 Å². The summed E-state index contributed by atoms with van der Waals surface area (Å²) in [5.74, 6) is -1.24. The molecule has 0 fully saturated rings. The second-order valence-corrected chi connectivity index (χ2v) is 7.95. The van der Waals surface area contributed by atoms with E-state index in [4.69, 9.17) is 16.3 Å². The quantitative estimate of drug-likeness (QED) is 0.299. The summed E-state index contributed by atoms with van der Waals surface area (Å²) >= 11 is 9.40. The largest absolute Gasteiger partial charge is 0.483 e. The number of hydrogen-bond donors (Lipinski definition) is 2. The average molecular weight is 529 g/mol. The van der Waals surface area contributed by atoms with E-state index in [1.165, 1.54) is 30.3 Å². The van der Waals surface area contributed by atoms with Crippen LogP contribution in [0, 0.1) is 17.1 Å². The first-order valence-corrected chi connectivity index (χ1v) is 10.7. The lowest BCUT2D eigenvalue weighted by Crippen LogP contribution is -2.20. The number of amides is 2. The lowest BCUT2D eigenvalue weighted by Gasteiger charge is -2.11. The van der Waals surface area contributed by atoms with Crippen LogP contribution in [0.2, 0.25) is 5.02 Å². The van der Waals surface area contributed by atoms with Gasteiger partial charge in [0.2, 0.25) is 0 Å². The highest BCUT2D eigenvalue weighted by atomic mass is 79.9. The van der Waals surface area contributed by atoms with Crippen molar-refractivity contribution in [2.24, 2.45) is 0 Å². The predicted octanol–water partition coefficient (Wildman–Crippen LogP) is 5.80. The number of ether oxygens (including phenoxy) is 1. The van der Waals surface area contributed by atoms with Gasteiger partial charge in [0.15, 0.2) is 6.61 Å². The molecule has 0 aliphatic heterocycles. The molecule has 3 rings (SSSR count). The van der Waals surface area contributed by atoms with Crippen molar-refractivity contribution in [3.05, 3.63) is 93.2 Å².